The van der Waals surface area contributed by atoms with Crippen LogP contribution in [0.15, 0.2) is 16.8 Å². The number of hydrogen-bond acceptors (Lipinski definition) is 5. The number of nitrogens with two attached hydrogens (primary N) is 1. The molecular formula is C13H16N2O4S. The van der Waals surface area contributed by atoms with Crippen LogP contribution >= 0.6 is 11.3 Å². The van der Waals surface area contributed by atoms with Crippen LogP contribution < -0.4 is 5.73 Å². The molecule has 2 heterocycles. The quantitative estimate of drug-likeness (QED) is 0.831. The van der Waals surface area contributed by atoms with Crippen molar-refractivity contribution in [1.82, 2.24) is 4.90 Å². The molecule has 1 atom stereocenters. The van der Waals surface area contributed by atoms with E-state index in [4.69, 9.17) is 10.5 Å². The van der Waals surface area contributed by atoms with Crippen molar-refractivity contribution in [2.75, 3.05) is 13.2 Å². The van der Waals surface area contributed by atoms with Crippen molar-refractivity contribution < 1.29 is 19.1 Å². The average Bonchev–Trinajstić information content (AvgIpc) is 2.98. The van der Waals surface area contributed by atoms with Gasteiger partial charge < -0.3 is 15.4 Å². The van der Waals surface area contributed by atoms with E-state index in [1.807, 2.05) is 0 Å². The summed E-state index contributed by atoms with van der Waals surface area (Å²) in [5, 5.41) is 3.41. The summed E-state index contributed by atoms with van der Waals surface area (Å²) in [6.07, 6.45) is 2.26. The molecule has 0 unspecified atom stereocenters. The Morgan fingerprint density at radius 3 is 2.85 bits per heavy atom. The van der Waals surface area contributed by atoms with Crippen LogP contribution in [0.5, 0.6) is 0 Å². The molecule has 1 aliphatic rings. The van der Waals surface area contributed by atoms with E-state index in [-0.39, 0.29) is 12.5 Å². The Kier molecular flexibility index (Phi) is 4.73. The topological polar surface area (TPSA) is 89.7 Å². The number of primary amides is 1. The molecule has 1 aromatic rings. The Morgan fingerprint density at radius 1 is 1.40 bits per heavy atom. The van der Waals surface area contributed by atoms with Gasteiger partial charge in [-0.2, -0.15) is 11.3 Å². The number of ether oxygens (including phenoxy) is 1. The van der Waals surface area contributed by atoms with Crippen molar-refractivity contribution in [2.45, 2.75) is 25.3 Å². The number of piperidine rings is 1. The van der Waals surface area contributed by atoms with Gasteiger partial charge in [-0.1, -0.05) is 0 Å². The second-order valence-corrected chi connectivity index (χ2v) is 5.37. The number of hydrogen-bond donors (Lipinski definition) is 1. The van der Waals surface area contributed by atoms with Crippen LogP contribution in [0.25, 0.3) is 0 Å². The number of nitrogens with zero attached hydrogens (tertiary/aromatic N) is 1. The average molecular weight is 296 g/mol. The van der Waals surface area contributed by atoms with E-state index in [1.54, 1.807) is 16.8 Å². The number of carbonyl (C=O) groups excluding carboxylic acids is 3. The number of amides is 2. The smallest absolute Gasteiger partial charge is 0.339 e. The third-order valence-electron chi connectivity index (χ3n) is 3.24. The zero-order valence-corrected chi connectivity index (χ0v) is 11.7. The number of esters is 1. The normalized spacial score (nSPS) is 18.6. The monoisotopic (exact) mass is 296 g/mol. The van der Waals surface area contributed by atoms with Crippen molar-refractivity contribution in [3.63, 3.8) is 0 Å². The summed E-state index contributed by atoms with van der Waals surface area (Å²) in [6, 6.07) is 1.04. The lowest BCUT2D eigenvalue weighted by Crippen LogP contribution is -2.51. The van der Waals surface area contributed by atoms with Crippen LogP contribution in [0, 0.1) is 0 Å². The van der Waals surface area contributed by atoms with Gasteiger partial charge in [0.1, 0.15) is 6.04 Å². The first-order chi connectivity index (χ1) is 9.59. The molecule has 1 fully saturated rings. The van der Waals surface area contributed by atoms with Gasteiger partial charge in [0.2, 0.25) is 5.91 Å². The van der Waals surface area contributed by atoms with Crippen LogP contribution in [-0.4, -0.2) is 41.9 Å². The third kappa shape index (κ3) is 3.36. The van der Waals surface area contributed by atoms with E-state index in [0.29, 0.717) is 18.5 Å². The van der Waals surface area contributed by atoms with Gasteiger partial charge in [0.05, 0.1) is 5.56 Å². The van der Waals surface area contributed by atoms with Gasteiger partial charge in [-0.15, -0.1) is 0 Å². The first-order valence-corrected chi connectivity index (χ1v) is 7.32. The van der Waals surface area contributed by atoms with Crippen LogP contribution in [0.3, 0.4) is 0 Å². The first-order valence-electron chi connectivity index (χ1n) is 6.37. The van der Waals surface area contributed by atoms with E-state index in [1.165, 1.54) is 16.2 Å². The Hall–Kier alpha value is -1.89. The maximum atomic E-state index is 12.0. The van der Waals surface area contributed by atoms with Crippen molar-refractivity contribution in [1.29, 1.82) is 0 Å². The Morgan fingerprint density at radius 2 is 2.20 bits per heavy atom. The molecule has 0 bridgehead atoms. The highest BCUT2D eigenvalue weighted by Gasteiger charge is 2.30. The van der Waals surface area contributed by atoms with Gasteiger partial charge in [0, 0.05) is 11.9 Å². The van der Waals surface area contributed by atoms with E-state index < -0.39 is 17.9 Å². The molecule has 20 heavy (non-hydrogen) atoms. The molecule has 0 radical (unpaired) electrons. The molecule has 6 nitrogen and oxygen atoms in total. The van der Waals surface area contributed by atoms with E-state index in [9.17, 15) is 14.4 Å². The summed E-state index contributed by atoms with van der Waals surface area (Å²) in [4.78, 5) is 36.4. The molecule has 7 heteroatoms. The lowest BCUT2D eigenvalue weighted by molar-refractivity contribution is -0.143. The fraction of sp³-hybridized carbons (Fsp3) is 0.462. The lowest BCUT2D eigenvalue weighted by Gasteiger charge is -2.33. The van der Waals surface area contributed by atoms with Crippen LogP contribution in [0.2, 0.25) is 0 Å². The predicted molar refractivity (Wildman–Crippen MR) is 73.1 cm³/mol. The number of thiophene rings is 1. The largest absolute Gasteiger partial charge is 0.452 e. The van der Waals surface area contributed by atoms with Crippen molar-refractivity contribution in [3.8, 4) is 0 Å². The van der Waals surface area contributed by atoms with E-state index in [2.05, 4.69) is 0 Å². The van der Waals surface area contributed by atoms with E-state index >= 15 is 0 Å². The summed E-state index contributed by atoms with van der Waals surface area (Å²) in [5.74, 6) is -1.42. The molecule has 2 N–H and O–H groups in total. The second kappa shape index (κ2) is 6.51. The Balaban J connectivity index is 1.90. The minimum Gasteiger partial charge on any atom is -0.452 e. The molecule has 2 amide bonds. The summed E-state index contributed by atoms with van der Waals surface area (Å²) in [6.45, 7) is 0.112. The highest BCUT2D eigenvalue weighted by molar-refractivity contribution is 7.08. The van der Waals surface area contributed by atoms with Gasteiger partial charge in [0.25, 0.3) is 5.91 Å². The zero-order chi connectivity index (χ0) is 14.5. The van der Waals surface area contributed by atoms with Gasteiger partial charge in [-0.25, -0.2) is 4.79 Å². The minimum absolute atomic E-state index is 0.363. The second-order valence-electron chi connectivity index (χ2n) is 4.59. The maximum absolute atomic E-state index is 12.0. The number of carbonyl (C=O) groups is 3. The summed E-state index contributed by atoms with van der Waals surface area (Å²) in [5.41, 5.74) is 5.71. The summed E-state index contributed by atoms with van der Waals surface area (Å²) in [7, 11) is 0. The number of likely N-dealkylation sites (tertiary alicyclic amines) is 1. The fourth-order valence-corrected chi connectivity index (χ4v) is 2.83. The molecule has 1 saturated heterocycles. The Bertz CT molecular complexity index is 500. The SMILES string of the molecule is NC(=O)[C@H]1CCCCN1C(=O)COC(=O)c1ccsc1. The van der Waals surface area contributed by atoms with Crippen LogP contribution in [0.4, 0.5) is 0 Å². The molecule has 1 aromatic heterocycles. The first kappa shape index (κ1) is 14.5. The van der Waals surface area contributed by atoms with Crippen molar-refractivity contribution >= 4 is 29.1 Å². The summed E-state index contributed by atoms with van der Waals surface area (Å²) >= 11 is 1.38. The molecule has 0 aromatic carbocycles. The van der Waals surface area contributed by atoms with E-state index in [0.717, 1.165) is 12.8 Å². The van der Waals surface area contributed by atoms with Crippen LogP contribution in [0.1, 0.15) is 29.6 Å². The van der Waals surface area contributed by atoms with Crippen molar-refractivity contribution in [3.05, 3.63) is 22.4 Å². The lowest BCUT2D eigenvalue weighted by atomic mass is 10.0. The summed E-state index contributed by atoms with van der Waals surface area (Å²) < 4.78 is 4.95. The molecule has 0 aliphatic carbocycles. The molecule has 2 rings (SSSR count). The van der Waals surface area contributed by atoms with Gasteiger partial charge >= 0.3 is 5.97 Å². The standard InChI is InChI=1S/C13H16N2O4S/c14-12(17)10-3-1-2-5-15(10)11(16)7-19-13(18)9-4-6-20-8-9/h4,6,8,10H,1-3,5,7H2,(H2,14,17)/t10-/m1/s1. The highest BCUT2D eigenvalue weighted by atomic mass is 32.1. The number of rotatable bonds is 4. The predicted octanol–water partition coefficient (Wildman–Crippen LogP) is 0.771. The Labute approximate surface area is 120 Å². The highest BCUT2D eigenvalue weighted by Crippen LogP contribution is 2.17. The molecule has 0 spiro atoms. The third-order valence-corrected chi connectivity index (χ3v) is 3.92. The molecule has 0 saturated carbocycles. The zero-order valence-electron chi connectivity index (χ0n) is 10.9. The van der Waals surface area contributed by atoms with Crippen molar-refractivity contribution in [2.24, 2.45) is 5.73 Å². The molecule has 1 aliphatic heterocycles. The van der Waals surface area contributed by atoms with Gasteiger partial charge in [0.15, 0.2) is 6.61 Å². The van der Waals surface area contributed by atoms with Crippen LogP contribution in [-0.2, 0) is 14.3 Å². The van der Waals surface area contributed by atoms with Gasteiger partial charge in [-0.05, 0) is 30.7 Å². The fourth-order valence-electron chi connectivity index (χ4n) is 2.20. The minimum atomic E-state index is -0.587. The molecular weight excluding hydrogens is 280 g/mol. The maximum Gasteiger partial charge on any atom is 0.339 e. The molecule has 108 valence electrons. The van der Waals surface area contributed by atoms with Gasteiger partial charge in [-0.3, -0.25) is 9.59 Å².